The summed E-state index contributed by atoms with van der Waals surface area (Å²) in [7, 11) is 0. The Balaban J connectivity index is 1.55. The van der Waals surface area contributed by atoms with Crippen molar-refractivity contribution in [3.8, 4) is 5.88 Å². The maximum absolute atomic E-state index is 9.70. The Labute approximate surface area is 124 Å². The molecule has 0 amide bonds. The molecule has 0 aromatic carbocycles. The summed E-state index contributed by atoms with van der Waals surface area (Å²) in [5, 5.41) is 12.9. The van der Waals surface area contributed by atoms with Gasteiger partial charge in [0, 0.05) is 18.0 Å². The minimum absolute atomic E-state index is 0.212. The Hall–Kier alpha value is -0.730. The van der Waals surface area contributed by atoms with Gasteiger partial charge in [0.2, 0.25) is 5.88 Å². The molecule has 0 fully saturated rings. The zero-order chi connectivity index (χ0) is 13.5. The molecule has 0 aliphatic carbocycles. The number of nitrogens with one attached hydrogen (secondary N) is 1. The number of hydrogen-bond acceptors (Lipinski definition) is 7. The number of nitrogens with zero attached hydrogens (tertiary/aromatic N) is 2. The first-order chi connectivity index (χ1) is 9.24. The van der Waals surface area contributed by atoms with Gasteiger partial charge in [-0.1, -0.05) is 11.6 Å². The Morgan fingerprint density at radius 1 is 1.47 bits per heavy atom. The molecule has 8 heteroatoms. The van der Waals surface area contributed by atoms with Crippen molar-refractivity contribution < 1.29 is 9.84 Å². The second kappa shape index (κ2) is 7.76. The number of ether oxygens (including phenoxy) is 1. The third kappa shape index (κ3) is 5.42. The van der Waals surface area contributed by atoms with Crippen LogP contribution >= 0.6 is 34.7 Å². The molecule has 2 N–H and O–H groups in total. The average Bonchev–Trinajstić information content (AvgIpc) is 3.04. The molecule has 1 atom stereocenters. The van der Waals surface area contributed by atoms with Gasteiger partial charge in [-0.15, -0.1) is 15.7 Å². The maximum Gasteiger partial charge on any atom is 0.245 e. The number of aromatic nitrogens is 2. The Kier molecular flexibility index (Phi) is 5.99. The summed E-state index contributed by atoms with van der Waals surface area (Å²) in [4.78, 5) is 1.23. The van der Waals surface area contributed by atoms with Gasteiger partial charge < -0.3 is 15.2 Å². The standard InChI is InChI=1S/C11H14ClN3O2S2/c12-10-2-1-9(18-10)3-4-13-5-8(16)7-17-11-6-14-19-15-11/h1-2,6,8,13,16H,3-5,7H2. The lowest BCUT2D eigenvalue weighted by molar-refractivity contribution is 0.104. The largest absolute Gasteiger partial charge is 0.473 e. The van der Waals surface area contributed by atoms with Gasteiger partial charge in [-0.05, 0) is 18.6 Å². The van der Waals surface area contributed by atoms with Crippen LogP contribution in [0.4, 0.5) is 0 Å². The van der Waals surface area contributed by atoms with Gasteiger partial charge in [0.05, 0.1) is 16.1 Å². The molecule has 0 saturated carbocycles. The van der Waals surface area contributed by atoms with Crippen LogP contribution < -0.4 is 10.1 Å². The van der Waals surface area contributed by atoms with Crippen LogP contribution in [0.2, 0.25) is 4.34 Å². The van der Waals surface area contributed by atoms with Crippen LogP contribution in [0.15, 0.2) is 18.3 Å². The van der Waals surface area contributed by atoms with Crippen molar-refractivity contribution in [1.29, 1.82) is 0 Å². The van der Waals surface area contributed by atoms with Gasteiger partial charge in [-0.25, -0.2) is 0 Å². The van der Waals surface area contributed by atoms with Gasteiger partial charge in [0.25, 0.3) is 0 Å². The van der Waals surface area contributed by atoms with Crippen LogP contribution in [-0.2, 0) is 6.42 Å². The molecule has 2 rings (SSSR count). The third-order valence-corrected chi connectivity index (χ3v) is 4.07. The van der Waals surface area contributed by atoms with Gasteiger partial charge in [-0.3, -0.25) is 0 Å². The quantitative estimate of drug-likeness (QED) is 0.727. The molecule has 1 unspecified atom stereocenters. The van der Waals surface area contributed by atoms with Gasteiger partial charge in [0.1, 0.15) is 18.9 Å². The topological polar surface area (TPSA) is 67.3 Å². The van der Waals surface area contributed by atoms with Crippen molar-refractivity contribution in [1.82, 2.24) is 14.1 Å². The summed E-state index contributed by atoms with van der Waals surface area (Å²) in [6.45, 7) is 1.49. The molecule has 0 aliphatic heterocycles. The molecule has 2 aromatic rings. The molecular weight excluding hydrogens is 306 g/mol. The highest BCUT2D eigenvalue weighted by Gasteiger charge is 2.06. The van der Waals surface area contributed by atoms with Gasteiger partial charge in [-0.2, -0.15) is 4.37 Å². The molecule has 0 saturated heterocycles. The first kappa shape index (κ1) is 14.7. The minimum atomic E-state index is -0.561. The molecule has 5 nitrogen and oxygen atoms in total. The van der Waals surface area contributed by atoms with Crippen molar-refractivity contribution in [3.63, 3.8) is 0 Å². The van der Waals surface area contributed by atoms with Crippen molar-refractivity contribution in [2.24, 2.45) is 0 Å². The third-order valence-electron chi connectivity index (χ3n) is 2.32. The van der Waals surface area contributed by atoms with Crippen molar-refractivity contribution in [3.05, 3.63) is 27.5 Å². The minimum Gasteiger partial charge on any atom is -0.473 e. The summed E-state index contributed by atoms with van der Waals surface area (Å²) < 4.78 is 13.8. The summed E-state index contributed by atoms with van der Waals surface area (Å²) in [6.07, 6.45) is 1.88. The summed E-state index contributed by atoms with van der Waals surface area (Å²) >= 11 is 8.50. The van der Waals surface area contributed by atoms with E-state index < -0.39 is 6.10 Å². The first-order valence-corrected chi connectivity index (χ1v) is 7.70. The lowest BCUT2D eigenvalue weighted by Gasteiger charge is -2.11. The number of aliphatic hydroxyl groups excluding tert-OH is 1. The van der Waals surface area contributed by atoms with Crippen LogP contribution in [0.25, 0.3) is 0 Å². The predicted octanol–water partition coefficient (Wildman–Crippen LogP) is 1.82. The molecule has 104 valence electrons. The van der Waals surface area contributed by atoms with Crippen LogP contribution in [0, 0.1) is 0 Å². The molecule has 2 heterocycles. The zero-order valence-electron chi connectivity index (χ0n) is 10.1. The normalized spacial score (nSPS) is 12.5. The van der Waals surface area contributed by atoms with Gasteiger partial charge >= 0.3 is 0 Å². The number of halogens is 1. The van der Waals surface area contributed by atoms with E-state index in [0.29, 0.717) is 12.4 Å². The van der Waals surface area contributed by atoms with E-state index in [0.717, 1.165) is 29.0 Å². The molecule has 19 heavy (non-hydrogen) atoms. The van der Waals surface area contributed by atoms with Crippen LogP contribution in [0.3, 0.4) is 0 Å². The molecule has 0 aliphatic rings. The van der Waals surface area contributed by atoms with E-state index in [9.17, 15) is 5.11 Å². The Bertz CT molecular complexity index is 478. The number of thiophene rings is 1. The SMILES string of the molecule is OC(CNCCc1ccc(Cl)s1)COc1cnsn1. The second-order valence-electron chi connectivity index (χ2n) is 3.87. The highest BCUT2D eigenvalue weighted by Crippen LogP contribution is 2.21. The van der Waals surface area contributed by atoms with Crippen molar-refractivity contribution in [2.75, 3.05) is 19.7 Å². The fourth-order valence-electron chi connectivity index (χ4n) is 1.43. The lowest BCUT2D eigenvalue weighted by atomic mass is 10.3. The fraction of sp³-hybridized carbons (Fsp3) is 0.455. The summed E-state index contributed by atoms with van der Waals surface area (Å²) in [6, 6.07) is 3.91. The Morgan fingerprint density at radius 2 is 2.37 bits per heavy atom. The fourth-order valence-corrected chi connectivity index (χ4v) is 2.88. The second-order valence-corrected chi connectivity index (χ2v) is 6.23. The van der Waals surface area contributed by atoms with Gasteiger partial charge in [0.15, 0.2) is 0 Å². The Morgan fingerprint density at radius 3 is 3.05 bits per heavy atom. The van der Waals surface area contributed by atoms with E-state index >= 15 is 0 Å². The van der Waals surface area contributed by atoms with E-state index in [1.807, 2.05) is 12.1 Å². The van der Waals surface area contributed by atoms with Crippen molar-refractivity contribution >= 4 is 34.7 Å². The smallest absolute Gasteiger partial charge is 0.245 e. The number of aliphatic hydroxyl groups is 1. The number of rotatable bonds is 8. The number of hydrogen-bond donors (Lipinski definition) is 2. The van der Waals surface area contributed by atoms with E-state index in [2.05, 4.69) is 14.1 Å². The van der Waals surface area contributed by atoms with Crippen LogP contribution in [-0.4, -0.2) is 39.7 Å². The van der Waals surface area contributed by atoms with Crippen LogP contribution in [0.1, 0.15) is 4.88 Å². The highest BCUT2D eigenvalue weighted by atomic mass is 35.5. The molecule has 0 radical (unpaired) electrons. The monoisotopic (exact) mass is 319 g/mol. The highest BCUT2D eigenvalue weighted by molar-refractivity contribution is 7.16. The maximum atomic E-state index is 9.70. The predicted molar refractivity (Wildman–Crippen MR) is 77.3 cm³/mol. The van der Waals surface area contributed by atoms with Crippen molar-refractivity contribution in [2.45, 2.75) is 12.5 Å². The summed E-state index contributed by atoms with van der Waals surface area (Å²) in [5.74, 6) is 0.456. The van der Waals surface area contributed by atoms with E-state index in [1.165, 1.54) is 11.1 Å². The van der Waals surface area contributed by atoms with Crippen LogP contribution in [0.5, 0.6) is 5.88 Å². The van der Waals surface area contributed by atoms with E-state index in [1.54, 1.807) is 11.3 Å². The van der Waals surface area contributed by atoms with E-state index in [-0.39, 0.29) is 6.61 Å². The lowest BCUT2D eigenvalue weighted by Crippen LogP contribution is -2.32. The first-order valence-electron chi connectivity index (χ1n) is 5.77. The average molecular weight is 320 g/mol. The molecular formula is C11H14ClN3O2S2. The molecule has 2 aromatic heterocycles. The molecule has 0 bridgehead atoms. The summed E-state index contributed by atoms with van der Waals surface area (Å²) in [5.41, 5.74) is 0. The van der Waals surface area contributed by atoms with E-state index in [4.69, 9.17) is 16.3 Å². The zero-order valence-corrected chi connectivity index (χ0v) is 12.5. The molecule has 0 spiro atoms.